The fraction of sp³-hybridized carbons (Fsp3) is 0.250. The zero-order valence-corrected chi connectivity index (χ0v) is 17.2. The normalized spacial score (nSPS) is 12.7. The van der Waals surface area contributed by atoms with Gasteiger partial charge in [-0.1, -0.05) is 11.6 Å². The van der Waals surface area contributed by atoms with Gasteiger partial charge in [-0.05, 0) is 50.6 Å². The van der Waals surface area contributed by atoms with E-state index in [-0.39, 0.29) is 0 Å². The van der Waals surface area contributed by atoms with E-state index in [0.29, 0.717) is 28.2 Å². The van der Waals surface area contributed by atoms with Crippen molar-refractivity contribution in [1.29, 1.82) is 0 Å². The lowest BCUT2D eigenvalue weighted by atomic mass is 10.2. The number of rotatable bonds is 6. The van der Waals surface area contributed by atoms with E-state index in [1.54, 1.807) is 26.6 Å². The monoisotopic (exact) mass is 399 g/mol. The number of benzene rings is 1. The van der Waals surface area contributed by atoms with Crippen molar-refractivity contribution in [1.82, 2.24) is 24.7 Å². The van der Waals surface area contributed by atoms with Crippen molar-refractivity contribution in [3.8, 4) is 17.1 Å². The molecule has 0 aliphatic carbocycles. The van der Waals surface area contributed by atoms with E-state index in [9.17, 15) is 0 Å². The molecule has 0 fully saturated rings. The van der Waals surface area contributed by atoms with Gasteiger partial charge < -0.3 is 14.0 Å². The zero-order valence-electron chi connectivity index (χ0n) is 16.4. The quantitative estimate of drug-likeness (QED) is 0.485. The third kappa shape index (κ3) is 4.09. The Morgan fingerprint density at radius 3 is 2.68 bits per heavy atom. The van der Waals surface area contributed by atoms with Gasteiger partial charge in [0.15, 0.2) is 11.6 Å². The number of methoxy groups -OCH3 is 2. The minimum absolute atomic E-state index is 0.544. The molecular weight excluding hydrogens is 378 g/mol. The summed E-state index contributed by atoms with van der Waals surface area (Å²) in [6.45, 7) is 5.84. The average molecular weight is 400 g/mol. The molecule has 2 aromatic heterocycles. The lowest BCUT2D eigenvalue weighted by molar-refractivity contribution is 0.307. The molecule has 1 aromatic carbocycles. The molecule has 28 heavy (non-hydrogen) atoms. The number of hydrogen-bond acceptors (Lipinski definition) is 5. The summed E-state index contributed by atoms with van der Waals surface area (Å²) in [5.74, 6) is 2.49. The molecule has 0 bridgehead atoms. The first kappa shape index (κ1) is 19.7. The summed E-state index contributed by atoms with van der Waals surface area (Å²) in [7, 11) is 3.21. The molecule has 0 atom stereocenters. The highest BCUT2D eigenvalue weighted by Crippen LogP contribution is 2.29. The molecule has 0 radical (unpaired) electrons. The van der Waals surface area contributed by atoms with E-state index >= 15 is 0 Å². The Labute approximate surface area is 168 Å². The molecule has 0 aliphatic rings. The number of aromatic amines is 1. The number of hydrogen-bond donors (Lipinski definition) is 1. The van der Waals surface area contributed by atoms with Gasteiger partial charge in [-0.3, -0.25) is 5.10 Å². The summed E-state index contributed by atoms with van der Waals surface area (Å²) < 4.78 is 12.7. The smallest absolute Gasteiger partial charge is 0.177 e. The second-order valence-electron chi connectivity index (χ2n) is 6.26. The van der Waals surface area contributed by atoms with Crippen LogP contribution in [0.3, 0.4) is 0 Å². The third-order valence-corrected chi connectivity index (χ3v) is 4.60. The molecule has 7 nitrogen and oxygen atoms in total. The second kappa shape index (κ2) is 8.31. The second-order valence-corrected chi connectivity index (χ2v) is 6.67. The lowest BCUT2D eigenvalue weighted by Gasteiger charge is -2.09. The molecular formula is C20H22ClN5O2. The van der Waals surface area contributed by atoms with Gasteiger partial charge in [-0.15, -0.1) is 0 Å². The summed E-state index contributed by atoms with van der Waals surface area (Å²) in [6, 6.07) is 5.45. The van der Waals surface area contributed by atoms with Crippen LogP contribution in [0.1, 0.15) is 25.4 Å². The van der Waals surface area contributed by atoms with Gasteiger partial charge >= 0.3 is 0 Å². The number of imidazole rings is 1. The van der Waals surface area contributed by atoms with E-state index in [2.05, 4.69) is 20.2 Å². The molecule has 0 saturated heterocycles. The highest BCUT2D eigenvalue weighted by Gasteiger charge is 2.11. The number of nitrogens with one attached hydrogen (secondary N) is 1. The minimum Gasteiger partial charge on any atom is -0.495 e. The van der Waals surface area contributed by atoms with Crippen LogP contribution in [0, 0.1) is 6.92 Å². The molecule has 3 rings (SSSR count). The number of allylic oxidation sites excluding steroid dienone is 3. The van der Waals surface area contributed by atoms with Crippen LogP contribution in [0.5, 0.6) is 5.75 Å². The van der Waals surface area contributed by atoms with Crippen molar-refractivity contribution >= 4 is 22.9 Å². The first-order valence-electron chi connectivity index (χ1n) is 8.63. The Morgan fingerprint density at radius 2 is 2.04 bits per heavy atom. The van der Waals surface area contributed by atoms with Crippen molar-refractivity contribution < 1.29 is 9.47 Å². The van der Waals surface area contributed by atoms with E-state index in [1.807, 2.05) is 49.7 Å². The Balaban J connectivity index is 1.91. The number of ether oxygens (including phenoxy) is 2. The number of nitrogens with zero attached hydrogens (tertiary/aromatic N) is 4. The van der Waals surface area contributed by atoms with Gasteiger partial charge in [0.2, 0.25) is 0 Å². The predicted octanol–water partition coefficient (Wildman–Crippen LogP) is 4.58. The molecule has 146 valence electrons. The van der Waals surface area contributed by atoms with Crippen LogP contribution in [-0.4, -0.2) is 39.0 Å². The standard InChI is InChI=1S/C20H22ClN5O2/c1-12(8-17(27-4)14(3)26-10-13(2)22-11-26)19-23-20(25-24-19)15-6-7-16(21)18(9-15)28-5/h6-11H,1-5H3,(H,23,24,25)/b12-8+,17-14-. The van der Waals surface area contributed by atoms with Crippen molar-refractivity contribution in [3.63, 3.8) is 0 Å². The number of aromatic nitrogens is 5. The number of H-pyrrole nitrogens is 1. The summed E-state index contributed by atoms with van der Waals surface area (Å²) in [6.07, 6.45) is 5.60. The molecule has 0 amide bonds. The van der Waals surface area contributed by atoms with Gasteiger partial charge in [0.25, 0.3) is 0 Å². The van der Waals surface area contributed by atoms with Crippen LogP contribution >= 0.6 is 11.6 Å². The summed E-state index contributed by atoms with van der Waals surface area (Å²) >= 11 is 6.09. The van der Waals surface area contributed by atoms with E-state index in [0.717, 1.165) is 22.5 Å². The van der Waals surface area contributed by atoms with Gasteiger partial charge in [0, 0.05) is 11.8 Å². The Bertz CT molecular complexity index is 1050. The summed E-state index contributed by atoms with van der Waals surface area (Å²) in [5, 5.41) is 7.82. The third-order valence-electron chi connectivity index (χ3n) is 4.29. The lowest BCUT2D eigenvalue weighted by Crippen LogP contribution is -1.97. The molecule has 0 aliphatic heterocycles. The topological polar surface area (TPSA) is 77.9 Å². The van der Waals surface area contributed by atoms with Crippen LogP contribution in [0.4, 0.5) is 0 Å². The van der Waals surface area contributed by atoms with E-state index in [4.69, 9.17) is 21.1 Å². The Hall–Kier alpha value is -3.06. The van der Waals surface area contributed by atoms with E-state index < -0.39 is 0 Å². The fourth-order valence-electron chi connectivity index (χ4n) is 2.68. The van der Waals surface area contributed by atoms with Crippen LogP contribution in [0.25, 0.3) is 22.7 Å². The van der Waals surface area contributed by atoms with Crippen LogP contribution < -0.4 is 4.74 Å². The maximum Gasteiger partial charge on any atom is 0.177 e. The van der Waals surface area contributed by atoms with Crippen LogP contribution in [0.15, 0.2) is 42.6 Å². The summed E-state index contributed by atoms with van der Waals surface area (Å²) in [5.41, 5.74) is 3.55. The highest BCUT2D eigenvalue weighted by atomic mass is 35.5. The van der Waals surface area contributed by atoms with Crippen molar-refractivity contribution in [2.24, 2.45) is 0 Å². The largest absolute Gasteiger partial charge is 0.495 e. The summed E-state index contributed by atoms with van der Waals surface area (Å²) in [4.78, 5) is 8.83. The highest BCUT2D eigenvalue weighted by molar-refractivity contribution is 6.32. The molecule has 3 aromatic rings. The maximum atomic E-state index is 6.09. The minimum atomic E-state index is 0.544. The van der Waals surface area contributed by atoms with Crippen LogP contribution in [-0.2, 0) is 4.74 Å². The van der Waals surface area contributed by atoms with Gasteiger partial charge in [-0.25, -0.2) is 9.97 Å². The average Bonchev–Trinajstić information content (AvgIpc) is 3.35. The molecule has 2 heterocycles. The van der Waals surface area contributed by atoms with Gasteiger partial charge in [0.05, 0.1) is 37.0 Å². The van der Waals surface area contributed by atoms with Crippen molar-refractivity contribution in [3.05, 3.63) is 59.1 Å². The first-order valence-corrected chi connectivity index (χ1v) is 9.01. The molecule has 0 saturated carbocycles. The Kier molecular flexibility index (Phi) is 5.84. The maximum absolute atomic E-state index is 6.09. The zero-order chi connectivity index (χ0) is 20.3. The fourth-order valence-corrected chi connectivity index (χ4v) is 2.87. The van der Waals surface area contributed by atoms with Crippen LogP contribution in [0.2, 0.25) is 5.02 Å². The van der Waals surface area contributed by atoms with Crippen molar-refractivity contribution in [2.75, 3.05) is 14.2 Å². The SMILES string of the molecule is COC(/C=C(\C)c1n[nH]c(-c2ccc(Cl)c(OC)c2)n1)=C(/C)n1cnc(C)c1. The Morgan fingerprint density at radius 1 is 1.25 bits per heavy atom. The first-order chi connectivity index (χ1) is 13.4. The number of halogens is 1. The van der Waals surface area contributed by atoms with Gasteiger partial charge in [-0.2, -0.15) is 5.10 Å². The molecule has 0 unspecified atom stereocenters. The predicted molar refractivity (Wildman–Crippen MR) is 110 cm³/mol. The van der Waals surface area contributed by atoms with Gasteiger partial charge in [0.1, 0.15) is 11.5 Å². The number of aryl methyl sites for hydroxylation is 1. The van der Waals surface area contributed by atoms with Crippen molar-refractivity contribution in [2.45, 2.75) is 20.8 Å². The molecule has 8 heteroatoms. The van der Waals surface area contributed by atoms with E-state index in [1.165, 1.54) is 0 Å². The molecule has 1 N–H and O–H groups in total. The molecule has 0 spiro atoms.